The number of nitrogens with two attached hydrogens (primary N) is 1. The molecule has 1 heterocycles. The highest BCUT2D eigenvalue weighted by atomic mass is 16.5. The third-order valence-electron chi connectivity index (χ3n) is 4.51. The summed E-state index contributed by atoms with van der Waals surface area (Å²) in [5.74, 6) is 0.685. The highest BCUT2D eigenvalue weighted by molar-refractivity contribution is 6.06. The number of esters is 1. The molecular formula is C20H23N3O4. The van der Waals surface area contributed by atoms with E-state index in [4.69, 9.17) is 14.9 Å². The number of hydrogen-bond acceptors (Lipinski definition) is 5. The molecule has 0 spiro atoms. The molecule has 0 radical (unpaired) electrons. The Labute approximate surface area is 157 Å². The van der Waals surface area contributed by atoms with Gasteiger partial charge in [0.25, 0.3) is 0 Å². The Bertz CT molecular complexity index is 923. The number of amides is 2. The van der Waals surface area contributed by atoms with Gasteiger partial charge in [0.2, 0.25) is 5.76 Å². The number of ether oxygens (including phenoxy) is 1. The van der Waals surface area contributed by atoms with E-state index < -0.39 is 12.0 Å². The fourth-order valence-electron chi connectivity index (χ4n) is 3.29. The number of carbonyl (C=O) groups excluding carboxylic acids is 2. The maximum Gasteiger partial charge on any atom is 0.379 e. The zero-order chi connectivity index (χ0) is 19.8. The minimum Gasteiger partial charge on any atom is -0.453 e. The Hall–Kier alpha value is -3.09. The van der Waals surface area contributed by atoms with Crippen molar-refractivity contribution in [3.8, 4) is 5.75 Å². The molecule has 2 amide bonds. The van der Waals surface area contributed by atoms with Crippen molar-refractivity contribution in [2.24, 2.45) is 16.3 Å². The molecule has 0 aliphatic heterocycles. The normalized spacial score (nSPS) is 16.7. The zero-order valence-electron chi connectivity index (χ0n) is 15.9. The van der Waals surface area contributed by atoms with Crippen molar-refractivity contribution >= 4 is 17.7 Å². The van der Waals surface area contributed by atoms with Crippen LogP contribution >= 0.6 is 0 Å². The molecule has 27 heavy (non-hydrogen) atoms. The van der Waals surface area contributed by atoms with Gasteiger partial charge in [-0.1, -0.05) is 31.5 Å². The van der Waals surface area contributed by atoms with Gasteiger partial charge < -0.3 is 14.9 Å². The Balaban J connectivity index is 1.95. The number of nitrogens with zero attached hydrogens (tertiary/aromatic N) is 1. The molecule has 7 heteroatoms. The smallest absolute Gasteiger partial charge is 0.379 e. The second-order valence-corrected chi connectivity index (χ2v) is 7.61. The van der Waals surface area contributed by atoms with E-state index in [0.717, 1.165) is 11.1 Å². The summed E-state index contributed by atoms with van der Waals surface area (Å²) in [7, 11) is 0. The molecule has 1 aliphatic carbocycles. The van der Waals surface area contributed by atoms with Crippen LogP contribution in [0.2, 0.25) is 0 Å². The number of urea groups is 1. The van der Waals surface area contributed by atoms with Crippen LogP contribution in [0, 0.1) is 19.3 Å². The molecule has 1 aromatic carbocycles. The molecule has 3 N–H and O–H groups in total. The van der Waals surface area contributed by atoms with Gasteiger partial charge in [-0.2, -0.15) is 5.10 Å². The van der Waals surface area contributed by atoms with Crippen molar-refractivity contribution in [3.63, 3.8) is 0 Å². The molecule has 0 fully saturated rings. The standard InChI is InChI=1S/C20H23N3O4/c1-11-5-7-13(8-6-11)26-18(24)17-12(2)16-14(22-23-19(21)25)9-20(3,4)10-15(16)27-17/h5-8H,9-10H2,1-4H3,(H3,21,23,25)/b22-14-. The average Bonchev–Trinajstić information content (AvgIpc) is 2.90. The van der Waals surface area contributed by atoms with Gasteiger partial charge in [-0.25, -0.2) is 15.0 Å². The number of hydrazone groups is 1. The molecule has 0 unspecified atom stereocenters. The van der Waals surface area contributed by atoms with E-state index in [9.17, 15) is 9.59 Å². The first-order valence-corrected chi connectivity index (χ1v) is 8.70. The van der Waals surface area contributed by atoms with Crippen LogP contribution < -0.4 is 15.9 Å². The SMILES string of the molecule is Cc1ccc(OC(=O)c2oc3c(c2C)/C(=N\NC(N)=O)CC(C)(C)C3)cc1. The summed E-state index contributed by atoms with van der Waals surface area (Å²) in [5.41, 5.74) is 10.4. The summed E-state index contributed by atoms with van der Waals surface area (Å²) in [6.45, 7) is 7.88. The zero-order valence-corrected chi connectivity index (χ0v) is 15.9. The minimum absolute atomic E-state index is 0.131. The lowest BCUT2D eigenvalue weighted by atomic mass is 9.75. The Morgan fingerprint density at radius 3 is 2.48 bits per heavy atom. The van der Waals surface area contributed by atoms with Crippen LogP contribution in [0.25, 0.3) is 0 Å². The second kappa shape index (κ2) is 6.90. The lowest BCUT2D eigenvalue weighted by Crippen LogP contribution is -2.31. The van der Waals surface area contributed by atoms with Crippen molar-refractivity contribution in [1.82, 2.24) is 5.43 Å². The molecule has 0 bridgehead atoms. The average molecular weight is 369 g/mol. The number of aryl methyl sites for hydroxylation is 1. The van der Waals surface area contributed by atoms with Crippen LogP contribution in [0.1, 0.15) is 53.3 Å². The van der Waals surface area contributed by atoms with E-state index in [0.29, 0.717) is 35.6 Å². The van der Waals surface area contributed by atoms with E-state index in [1.54, 1.807) is 19.1 Å². The second-order valence-electron chi connectivity index (χ2n) is 7.61. The van der Waals surface area contributed by atoms with Gasteiger partial charge in [0.1, 0.15) is 11.5 Å². The summed E-state index contributed by atoms with van der Waals surface area (Å²) < 4.78 is 11.3. The van der Waals surface area contributed by atoms with Gasteiger partial charge >= 0.3 is 12.0 Å². The van der Waals surface area contributed by atoms with E-state index in [1.165, 1.54) is 0 Å². The molecule has 7 nitrogen and oxygen atoms in total. The summed E-state index contributed by atoms with van der Waals surface area (Å²) in [6, 6.07) is 6.46. The minimum atomic E-state index is -0.743. The molecule has 0 saturated heterocycles. The van der Waals surface area contributed by atoms with Crippen LogP contribution in [0.5, 0.6) is 5.75 Å². The van der Waals surface area contributed by atoms with Crippen LogP contribution in [-0.2, 0) is 6.42 Å². The summed E-state index contributed by atoms with van der Waals surface area (Å²) in [6.07, 6.45) is 1.27. The Morgan fingerprint density at radius 2 is 1.85 bits per heavy atom. The van der Waals surface area contributed by atoms with Crippen LogP contribution in [0.4, 0.5) is 4.79 Å². The number of carbonyl (C=O) groups is 2. The Morgan fingerprint density at radius 1 is 1.19 bits per heavy atom. The fraction of sp³-hybridized carbons (Fsp3) is 0.350. The van der Waals surface area contributed by atoms with Gasteiger partial charge in [-0.15, -0.1) is 0 Å². The topological polar surface area (TPSA) is 107 Å². The first kappa shape index (κ1) is 18.7. The van der Waals surface area contributed by atoms with Crippen LogP contribution in [0.3, 0.4) is 0 Å². The maximum atomic E-state index is 12.6. The molecule has 1 aromatic heterocycles. The summed E-state index contributed by atoms with van der Waals surface area (Å²) in [4.78, 5) is 23.7. The molecule has 0 atom stereocenters. The third-order valence-corrected chi connectivity index (χ3v) is 4.51. The van der Waals surface area contributed by atoms with E-state index in [-0.39, 0.29) is 11.2 Å². The fourth-order valence-corrected chi connectivity index (χ4v) is 3.29. The van der Waals surface area contributed by atoms with Gasteiger partial charge in [-0.3, -0.25) is 0 Å². The largest absolute Gasteiger partial charge is 0.453 e. The highest BCUT2D eigenvalue weighted by Crippen LogP contribution is 2.39. The lowest BCUT2D eigenvalue weighted by molar-refractivity contribution is 0.0697. The van der Waals surface area contributed by atoms with Crippen molar-refractivity contribution in [3.05, 3.63) is 52.5 Å². The number of furan rings is 1. The highest BCUT2D eigenvalue weighted by Gasteiger charge is 2.36. The molecule has 142 valence electrons. The molecule has 3 rings (SSSR count). The maximum absolute atomic E-state index is 12.6. The molecule has 2 aromatic rings. The lowest BCUT2D eigenvalue weighted by Gasteiger charge is -2.29. The van der Waals surface area contributed by atoms with E-state index in [2.05, 4.69) is 24.4 Å². The number of primary amides is 1. The van der Waals surface area contributed by atoms with Gasteiger partial charge in [0, 0.05) is 17.5 Å². The predicted octanol–water partition coefficient (Wildman–Crippen LogP) is 3.46. The van der Waals surface area contributed by atoms with Gasteiger partial charge in [0.05, 0.1) is 5.71 Å². The van der Waals surface area contributed by atoms with Crippen molar-refractivity contribution in [1.29, 1.82) is 0 Å². The predicted molar refractivity (Wildman–Crippen MR) is 101 cm³/mol. The molecule has 1 aliphatic rings. The summed E-state index contributed by atoms with van der Waals surface area (Å²) >= 11 is 0. The number of benzene rings is 1. The van der Waals surface area contributed by atoms with E-state index in [1.807, 2.05) is 19.1 Å². The quantitative estimate of drug-likeness (QED) is 0.491. The van der Waals surface area contributed by atoms with Crippen molar-refractivity contribution in [2.75, 3.05) is 0 Å². The van der Waals surface area contributed by atoms with Crippen molar-refractivity contribution < 1.29 is 18.7 Å². The summed E-state index contributed by atoms with van der Waals surface area (Å²) in [5, 5.41) is 4.13. The number of nitrogens with one attached hydrogen (secondary N) is 1. The third kappa shape index (κ3) is 4.02. The first-order valence-electron chi connectivity index (χ1n) is 8.70. The van der Waals surface area contributed by atoms with Gasteiger partial charge in [-0.05, 0) is 37.8 Å². The first-order chi connectivity index (χ1) is 12.7. The molecule has 0 saturated carbocycles. The van der Waals surface area contributed by atoms with Crippen LogP contribution in [-0.4, -0.2) is 17.7 Å². The number of rotatable bonds is 3. The number of fused-ring (bicyclic) bond motifs is 1. The van der Waals surface area contributed by atoms with E-state index >= 15 is 0 Å². The molecular weight excluding hydrogens is 346 g/mol. The monoisotopic (exact) mass is 369 g/mol. The van der Waals surface area contributed by atoms with Gasteiger partial charge in [0.15, 0.2) is 0 Å². The van der Waals surface area contributed by atoms with Crippen molar-refractivity contribution in [2.45, 2.75) is 40.5 Å². The Kier molecular flexibility index (Phi) is 4.78. The van der Waals surface area contributed by atoms with Crippen LogP contribution in [0.15, 0.2) is 33.8 Å². The number of hydrogen-bond donors (Lipinski definition) is 2.